The lowest BCUT2D eigenvalue weighted by atomic mass is 10.1. The van der Waals surface area contributed by atoms with Gasteiger partial charge in [-0.25, -0.2) is 22.0 Å². The Balaban J connectivity index is 2.88. The van der Waals surface area contributed by atoms with Gasteiger partial charge in [0.1, 0.15) is 0 Å². The van der Waals surface area contributed by atoms with Crippen LogP contribution in [0.15, 0.2) is 12.1 Å². The van der Waals surface area contributed by atoms with Crippen LogP contribution in [0.5, 0.6) is 0 Å². The van der Waals surface area contributed by atoms with Crippen molar-refractivity contribution in [2.45, 2.75) is 18.9 Å². The maximum absolute atomic E-state index is 12.6. The second-order valence-electron chi connectivity index (χ2n) is 3.08. The normalized spacial score (nSPS) is 13.3. The fourth-order valence-electron chi connectivity index (χ4n) is 1.09. The molecule has 0 aliphatic carbocycles. The number of halogens is 5. The standard InChI is InChI=1S/C9H8F5N/c10-5-1-4(2-6(11)8(5)12)3-7(15)9(13)14/h1-2,7,9H,3,15H2. The Morgan fingerprint density at radius 1 is 1.07 bits per heavy atom. The van der Waals surface area contributed by atoms with E-state index in [0.717, 1.165) is 0 Å². The molecule has 6 heteroatoms. The lowest BCUT2D eigenvalue weighted by Gasteiger charge is -2.10. The van der Waals surface area contributed by atoms with Crippen LogP contribution in [0.3, 0.4) is 0 Å². The molecule has 1 aromatic carbocycles. The number of hydrogen-bond acceptors (Lipinski definition) is 1. The minimum Gasteiger partial charge on any atom is -0.323 e. The Morgan fingerprint density at radius 2 is 1.53 bits per heavy atom. The highest BCUT2D eigenvalue weighted by atomic mass is 19.3. The second kappa shape index (κ2) is 4.57. The summed E-state index contributed by atoms with van der Waals surface area (Å²) in [6.07, 6.45) is -3.20. The van der Waals surface area contributed by atoms with Crippen molar-refractivity contribution in [2.75, 3.05) is 0 Å². The van der Waals surface area contributed by atoms with E-state index in [9.17, 15) is 22.0 Å². The van der Waals surface area contributed by atoms with E-state index in [1.54, 1.807) is 0 Å². The first-order valence-electron chi connectivity index (χ1n) is 4.09. The predicted octanol–water partition coefficient (Wildman–Crippen LogP) is 2.24. The third-order valence-electron chi connectivity index (χ3n) is 1.84. The largest absolute Gasteiger partial charge is 0.323 e. The summed E-state index contributed by atoms with van der Waals surface area (Å²) < 4.78 is 61.8. The minimum absolute atomic E-state index is 0.0980. The van der Waals surface area contributed by atoms with E-state index in [-0.39, 0.29) is 5.56 Å². The molecule has 2 N–H and O–H groups in total. The van der Waals surface area contributed by atoms with Gasteiger partial charge >= 0.3 is 0 Å². The van der Waals surface area contributed by atoms with Crippen molar-refractivity contribution in [1.29, 1.82) is 0 Å². The molecule has 1 aromatic rings. The van der Waals surface area contributed by atoms with Gasteiger partial charge in [0.15, 0.2) is 17.5 Å². The van der Waals surface area contributed by atoms with Crippen LogP contribution in [-0.2, 0) is 6.42 Å². The molecule has 0 saturated heterocycles. The number of nitrogens with two attached hydrogens (primary N) is 1. The quantitative estimate of drug-likeness (QED) is 0.619. The molecule has 0 aliphatic heterocycles. The van der Waals surface area contributed by atoms with Gasteiger partial charge in [0.05, 0.1) is 6.04 Å². The smallest absolute Gasteiger partial charge is 0.253 e. The van der Waals surface area contributed by atoms with E-state index < -0.39 is 36.3 Å². The molecule has 84 valence electrons. The van der Waals surface area contributed by atoms with Gasteiger partial charge in [-0.1, -0.05) is 0 Å². The van der Waals surface area contributed by atoms with Crippen LogP contribution in [0.1, 0.15) is 5.56 Å². The summed E-state index contributed by atoms with van der Waals surface area (Å²) in [6.45, 7) is 0. The van der Waals surface area contributed by atoms with Crippen molar-refractivity contribution in [3.05, 3.63) is 35.1 Å². The maximum atomic E-state index is 12.6. The summed E-state index contributed by atoms with van der Waals surface area (Å²) in [7, 11) is 0. The fraction of sp³-hybridized carbons (Fsp3) is 0.333. The van der Waals surface area contributed by atoms with E-state index in [1.807, 2.05) is 0 Å². The summed E-state index contributed by atoms with van der Waals surface area (Å²) in [5, 5.41) is 0. The Morgan fingerprint density at radius 3 is 1.93 bits per heavy atom. The van der Waals surface area contributed by atoms with Gasteiger partial charge in [0.25, 0.3) is 6.43 Å². The molecule has 0 aliphatic rings. The zero-order valence-electron chi connectivity index (χ0n) is 7.48. The number of alkyl halides is 2. The molecular weight excluding hydrogens is 217 g/mol. The Bertz CT molecular complexity index is 329. The van der Waals surface area contributed by atoms with E-state index in [2.05, 4.69) is 0 Å². The average molecular weight is 225 g/mol. The van der Waals surface area contributed by atoms with Crippen LogP contribution in [0, 0.1) is 17.5 Å². The second-order valence-corrected chi connectivity index (χ2v) is 3.08. The molecule has 1 atom stereocenters. The van der Waals surface area contributed by atoms with Crippen molar-refractivity contribution in [1.82, 2.24) is 0 Å². The molecule has 15 heavy (non-hydrogen) atoms. The molecule has 0 radical (unpaired) electrons. The molecule has 0 bridgehead atoms. The minimum atomic E-state index is -2.79. The van der Waals surface area contributed by atoms with Crippen molar-refractivity contribution < 1.29 is 22.0 Å². The molecule has 0 aromatic heterocycles. The zero-order chi connectivity index (χ0) is 11.6. The maximum Gasteiger partial charge on any atom is 0.253 e. The molecule has 0 spiro atoms. The Labute approximate surface area is 82.7 Å². The molecule has 0 heterocycles. The van der Waals surface area contributed by atoms with Crippen molar-refractivity contribution in [3.8, 4) is 0 Å². The van der Waals surface area contributed by atoms with E-state index in [4.69, 9.17) is 5.73 Å². The van der Waals surface area contributed by atoms with Crippen LogP contribution >= 0.6 is 0 Å². The molecule has 1 nitrogen and oxygen atoms in total. The molecular formula is C9H8F5N. The molecule has 0 fully saturated rings. The summed E-state index contributed by atoms with van der Waals surface area (Å²) in [4.78, 5) is 0. The average Bonchev–Trinajstić information content (AvgIpc) is 2.13. The van der Waals surface area contributed by atoms with Crippen LogP contribution < -0.4 is 5.73 Å². The van der Waals surface area contributed by atoms with Crippen LogP contribution in [0.2, 0.25) is 0 Å². The van der Waals surface area contributed by atoms with E-state index in [1.165, 1.54) is 0 Å². The first-order valence-corrected chi connectivity index (χ1v) is 4.09. The highest BCUT2D eigenvalue weighted by Gasteiger charge is 2.18. The van der Waals surface area contributed by atoms with Gasteiger partial charge < -0.3 is 5.73 Å². The SMILES string of the molecule is NC(Cc1cc(F)c(F)c(F)c1)C(F)F. The molecule has 0 amide bonds. The van der Waals surface area contributed by atoms with Crippen molar-refractivity contribution >= 4 is 0 Å². The van der Waals surface area contributed by atoms with Crippen molar-refractivity contribution in [2.24, 2.45) is 5.73 Å². The topological polar surface area (TPSA) is 26.0 Å². The van der Waals surface area contributed by atoms with Gasteiger partial charge in [-0.05, 0) is 24.1 Å². The van der Waals surface area contributed by atoms with Gasteiger partial charge in [-0.3, -0.25) is 0 Å². The highest BCUT2D eigenvalue weighted by Crippen LogP contribution is 2.15. The highest BCUT2D eigenvalue weighted by molar-refractivity contribution is 5.20. The fourth-order valence-corrected chi connectivity index (χ4v) is 1.09. The Hall–Kier alpha value is -1.17. The first-order chi connectivity index (χ1) is 6.91. The summed E-state index contributed by atoms with van der Waals surface area (Å²) in [6, 6.07) is -0.212. The molecule has 1 rings (SSSR count). The van der Waals surface area contributed by atoms with Gasteiger partial charge in [0.2, 0.25) is 0 Å². The monoisotopic (exact) mass is 225 g/mol. The van der Waals surface area contributed by atoms with Gasteiger partial charge in [0, 0.05) is 0 Å². The first kappa shape index (κ1) is 11.9. The van der Waals surface area contributed by atoms with E-state index in [0.29, 0.717) is 12.1 Å². The number of rotatable bonds is 3. The summed E-state index contributed by atoms with van der Waals surface area (Å²) >= 11 is 0. The number of hydrogen-bond donors (Lipinski definition) is 1. The zero-order valence-corrected chi connectivity index (χ0v) is 7.48. The van der Waals surface area contributed by atoms with Gasteiger partial charge in [-0.2, -0.15) is 0 Å². The summed E-state index contributed by atoms with van der Waals surface area (Å²) in [5.41, 5.74) is 4.90. The van der Waals surface area contributed by atoms with E-state index >= 15 is 0 Å². The van der Waals surface area contributed by atoms with Crippen LogP contribution in [0.4, 0.5) is 22.0 Å². The van der Waals surface area contributed by atoms with Crippen molar-refractivity contribution in [3.63, 3.8) is 0 Å². The third kappa shape index (κ3) is 2.89. The predicted molar refractivity (Wildman–Crippen MR) is 44.0 cm³/mol. The third-order valence-corrected chi connectivity index (χ3v) is 1.84. The Kier molecular flexibility index (Phi) is 3.62. The molecule has 1 unspecified atom stereocenters. The van der Waals surface area contributed by atoms with Gasteiger partial charge in [-0.15, -0.1) is 0 Å². The number of benzene rings is 1. The summed E-state index contributed by atoms with van der Waals surface area (Å²) in [5.74, 6) is -4.44. The van der Waals surface area contributed by atoms with Crippen LogP contribution in [0.25, 0.3) is 0 Å². The molecule has 0 saturated carbocycles. The van der Waals surface area contributed by atoms with Crippen LogP contribution in [-0.4, -0.2) is 12.5 Å². The lowest BCUT2D eigenvalue weighted by molar-refractivity contribution is 0.116. The lowest BCUT2D eigenvalue weighted by Crippen LogP contribution is -2.31.